The minimum atomic E-state index is -1.92. The van der Waals surface area contributed by atoms with E-state index in [1.54, 1.807) is 0 Å². The van der Waals surface area contributed by atoms with E-state index in [0.717, 1.165) is 0 Å². The van der Waals surface area contributed by atoms with E-state index in [9.17, 15) is 0 Å². The maximum atomic E-state index is 2.59. The fourth-order valence-corrected chi connectivity index (χ4v) is 11.7. The molecule has 0 N–H and O–H groups in total. The lowest BCUT2D eigenvalue weighted by molar-refractivity contribution is 1.65. The van der Waals surface area contributed by atoms with Crippen molar-refractivity contribution in [3.63, 3.8) is 0 Å². The predicted octanol–water partition coefficient (Wildman–Crippen LogP) is 12.1. The first-order chi connectivity index (χ1) is 24.1. The van der Waals surface area contributed by atoms with Crippen molar-refractivity contribution in [1.29, 1.82) is 0 Å². The lowest BCUT2D eigenvalue weighted by Crippen LogP contribution is -2.49. The number of hydrogen-bond acceptors (Lipinski definition) is 0. The van der Waals surface area contributed by atoms with Crippen LogP contribution in [0.3, 0.4) is 0 Å². The molecule has 9 aromatic rings. The molecule has 0 amide bonds. The maximum absolute atomic E-state index is 2.59. The summed E-state index contributed by atoms with van der Waals surface area (Å²) < 4.78 is 0. The van der Waals surface area contributed by atoms with Crippen molar-refractivity contribution in [2.24, 2.45) is 0 Å². The zero-order valence-corrected chi connectivity index (χ0v) is 28.7. The molecule has 0 atom stereocenters. The molecule has 0 unspecified atom stereocenters. The SMILES string of the molecule is C[Si]1(C)c2ccccc2-c2cc3c(-c4cccc5ccccc45)c4ccc(-c5ccc6ccccc6c5)cc4c(-c4ccccc4)c3cc21. The van der Waals surface area contributed by atoms with Crippen LogP contribution in [0.5, 0.6) is 0 Å². The van der Waals surface area contributed by atoms with Crippen molar-refractivity contribution in [1.82, 2.24) is 0 Å². The molecule has 0 fully saturated rings. The van der Waals surface area contributed by atoms with E-state index in [2.05, 4.69) is 183 Å². The van der Waals surface area contributed by atoms with E-state index in [1.165, 1.54) is 98.0 Å². The Morgan fingerprint density at radius 1 is 0.306 bits per heavy atom. The molecule has 0 saturated carbocycles. The largest absolute Gasteiger partial charge is 0.113 e. The molecule has 1 heteroatoms. The molecule has 1 heterocycles. The van der Waals surface area contributed by atoms with Gasteiger partial charge in [0.1, 0.15) is 8.07 Å². The molecule has 49 heavy (non-hydrogen) atoms. The quantitative estimate of drug-likeness (QED) is 0.133. The Morgan fingerprint density at radius 3 is 1.82 bits per heavy atom. The van der Waals surface area contributed by atoms with Gasteiger partial charge in [0, 0.05) is 0 Å². The van der Waals surface area contributed by atoms with Gasteiger partial charge >= 0.3 is 0 Å². The van der Waals surface area contributed by atoms with Gasteiger partial charge in [0.25, 0.3) is 0 Å². The molecular formula is C48H34Si. The molecule has 0 aromatic heterocycles. The molecule has 0 nitrogen and oxygen atoms in total. The topological polar surface area (TPSA) is 0 Å². The highest BCUT2D eigenvalue weighted by Gasteiger charge is 2.38. The van der Waals surface area contributed by atoms with Crippen molar-refractivity contribution < 1.29 is 0 Å². The standard InChI is InChI=1S/C48H34Si/c1-49(2)45-22-11-10-20-38(45)41-29-43-44(30-46(41)49)47(33-15-4-3-5-16-33)42-28-36(35-24-23-31-13-6-7-17-34(31)27-35)25-26-40(42)48(43)39-21-12-18-32-14-8-9-19-37(32)39/h3-30H,1-2H3. The van der Waals surface area contributed by atoms with Gasteiger partial charge < -0.3 is 0 Å². The zero-order valence-electron chi connectivity index (χ0n) is 27.7. The first-order valence-corrected chi connectivity index (χ1v) is 20.3. The first kappa shape index (κ1) is 28.3. The second kappa shape index (κ2) is 10.6. The summed E-state index contributed by atoms with van der Waals surface area (Å²) in [6.07, 6.45) is 0. The summed E-state index contributed by atoms with van der Waals surface area (Å²) >= 11 is 0. The van der Waals surface area contributed by atoms with Gasteiger partial charge in [0.15, 0.2) is 0 Å². The summed E-state index contributed by atoms with van der Waals surface area (Å²) in [4.78, 5) is 0. The molecule has 0 spiro atoms. The van der Waals surface area contributed by atoms with Crippen LogP contribution < -0.4 is 10.4 Å². The van der Waals surface area contributed by atoms with Gasteiger partial charge in [-0.2, -0.15) is 0 Å². The van der Waals surface area contributed by atoms with Crippen LogP contribution in [-0.4, -0.2) is 8.07 Å². The lowest BCUT2D eigenvalue weighted by Gasteiger charge is -2.23. The molecule has 10 rings (SSSR count). The van der Waals surface area contributed by atoms with Crippen molar-refractivity contribution in [2.45, 2.75) is 13.1 Å². The molecule has 1 aliphatic rings. The van der Waals surface area contributed by atoms with Crippen molar-refractivity contribution >= 4 is 61.5 Å². The van der Waals surface area contributed by atoms with Crippen molar-refractivity contribution in [2.75, 3.05) is 0 Å². The van der Waals surface area contributed by atoms with E-state index in [0.29, 0.717) is 0 Å². The molecule has 0 bridgehead atoms. The van der Waals surface area contributed by atoms with Gasteiger partial charge in [-0.25, -0.2) is 0 Å². The normalized spacial score (nSPS) is 13.3. The average molecular weight is 639 g/mol. The van der Waals surface area contributed by atoms with Gasteiger partial charge in [-0.1, -0.05) is 165 Å². The Hall–Kier alpha value is -5.76. The van der Waals surface area contributed by atoms with Gasteiger partial charge in [-0.05, 0) is 116 Å². The molecule has 9 aromatic carbocycles. The van der Waals surface area contributed by atoms with Gasteiger partial charge in [-0.15, -0.1) is 0 Å². The van der Waals surface area contributed by atoms with Crippen LogP contribution in [0.15, 0.2) is 170 Å². The second-order valence-electron chi connectivity index (χ2n) is 14.1. The molecule has 0 radical (unpaired) electrons. The fourth-order valence-electron chi connectivity index (χ4n) is 8.62. The summed E-state index contributed by atoms with van der Waals surface area (Å²) in [5.74, 6) is 0. The third-order valence-electron chi connectivity index (χ3n) is 11.0. The molecule has 230 valence electrons. The molecular weight excluding hydrogens is 605 g/mol. The molecule has 0 aliphatic carbocycles. The van der Waals surface area contributed by atoms with Crippen LogP contribution in [0.25, 0.3) is 87.6 Å². The van der Waals surface area contributed by atoms with Crippen LogP contribution in [0.2, 0.25) is 13.1 Å². The monoisotopic (exact) mass is 638 g/mol. The van der Waals surface area contributed by atoms with E-state index in [1.807, 2.05) is 0 Å². The van der Waals surface area contributed by atoms with E-state index in [-0.39, 0.29) is 0 Å². The van der Waals surface area contributed by atoms with Crippen LogP contribution in [0.1, 0.15) is 0 Å². The minimum absolute atomic E-state index is 1.24. The number of rotatable bonds is 3. The van der Waals surface area contributed by atoms with E-state index < -0.39 is 8.07 Å². The average Bonchev–Trinajstić information content (AvgIpc) is 3.38. The predicted molar refractivity (Wildman–Crippen MR) is 215 cm³/mol. The minimum Gasteiger partial charge on any atom is -0.0623 e. The highest BCUT2D eigenvalue weighted by molar-refractivity contribution is 7.04. The van der Waals surface area contributed by atoms with Crippen LogP contribution in [0, 0.1) is 0 Å². The van der Waals surface area contributed by atoms with E-state index >= 15 is 0 Å². The summed E-state index contributed by atoms with van der Waals surface area (Å²) in [6.45, 7) is 5.05. The highest BCUT2D eigenvalue weighted by atomic mass is 28.3. The summed E-state index contributed by atoms with van der Waals surface area (Å²) in [7, 11) is -1.92. The smallest absolute Gasteiger partial charge is 0.0623 e. The number of hydrogen-bond donors (Lipinski definition) is 0. The Balaban J connectivity index is 1.39. The summed E-state index contributed by atoms with van der Waals surface area (Å²) in [5, 5.41) is 13.4. The Bertz CT molecular complexity index is 2780. The van der Waals surface area contributed by atoms with Crippen LogP contribution in [0.4, 0.5) is 0 Å². The second-order valence-corrected chi connectivity index (χ2v) is 18.4. The van der Waals surface area contributed by atoms with Gasteiger partial charge in [-0.3, -0.25) is 0 Å². The number of benzene rings is 9. The van der Waals surface area contributed by atoms with Gasteiger partial charge in [0.2, 0.25) is 0 Å². The summed E-state index contributed by atoms with van der Waals surface area (Å²) in [5.41, 5.74) is 10.5. The van der Waals surface area contributed by atoms with Gasteiger partial charge in [0.05, 0.1) is 0 Å². The molecule has 1 aliphatic heterocycles. The molecule has 0 saturated heterocycles. The Kier molecular flexibility index (Phi) is 6.13. The van der Waals surface area contributed by atoms with Crippen LogP contribution >= 0.6 is 0 Å². The Labute approximate surface area is 287 Å². The maximum Gasteiger partial charge on any atom is 0.113 e. The third-order valence-corrected chi connectivity index (χ3v) is 14.6. The van der Waals surface area contributed by atoms with Crippen LogP contribution in [-0.2, 0) is 0 Å². The first-order valence-electron chi connectivity index (χ1n) is 17.3. The lowest BCUT2D eigenvalue weighted by atomic mass is 9.83. The number of fused-ring (bicyclic) bond motifs is 7. The van der Waals surface area contributed by atoms with Crippen molar-refractivity contribution in [3.8, 4) is 44.5 Å². The summed E-state index contributed by atoms with van der Waals surface area (Å²) in [6, 6.07) is 63.7. The fraction of sp³-hybridized carbons (Fsp3) is 0.0417. The Morgan fingerprint density at radius 2 is 0.939 bits per heavy atom. The third kappa shape index (κ3) is 4.22. The zero-order chi connectivity index (χ0) is 32.7. The van der Waals surface area contributed by atoms with E-state index in [4.69, 9.17) is 0 Å². The highest BCUT2D eigenvalue weighted by Crippen LogP contribution is 2.48. The van der Waals surface area contributed by atoms with Crippen molar-refractivity contribution in [3.05, 3.63) is 170 Å².